The van der Waals surface area contributed by atoms with Gasteiger partial charge in [0.25, 0.3) is 0 Å². The molecular weight excluding hydrogens is 318 g/mol. The summed E-state index contributed by atoms with van der Waals surface area (Å²) in [6, 6.07) is 0. The maximum Gasteiger partial charge on any atom is 0.227 e. The van der Waals surface area contributed by atoms with Crippen molar-refractivity contribution < 1.29 is 8.42 Å². The summed E-state index contributed by atoms with van der Waals surface area (Å²) < 4.78 is 24.6. The number of aromatic nitrogens is 2. The number of hydrogen-bond acceptors (Lipinski definition) is 4. The third kappa shape index (κ3) is 3.97. The maximum atomic E-state index is 11.3. The Labute approximate surface area is 108 Å². The molecule has 1 aromatic rings. The smallest absolute Gasteiger partial charge is 0.227 e. The summed E-state index contributed by atoms with van der Waals surface area (Å²) in [5.41, 5.74) is 0. The Morgan fingerprint density at radius 1 is 1.44 bits per heavy atom. The second-order valence-electron chi connectivity index (χ2n) is 3.11. The van der Waals surface area contributed by atoms with E-state index in [4.69, 9.17) is 11.6 Å². The quantitative estimate of drug-likeness (QED) is 0.763. The van der Waals surface area contributed by atoms with Gasteiger partial charge in [0, 0.05) is 32.4 Å². The SMILES string of the molecule is CN(CCc1ncc(Br)cn1)S(=O)(=O)CCl. The molecule has 0 saturated carbocycles. The summed E-state index contributed by atoms with van der Waals surface area (Å²) in [5, 5.41) is -0.412. The van der Waals surface area contributed by atoms with Gasteiger partial charge in [0.2, 0.25) is 10.0 Å². The Morgan fingerprint density at radius 3 is 2.50 bits per heavy atom. The summed E-state index contributed by atoms with van der Waals surface area (Å²) in [4.78, 5) is 8.09. The number of alkyl halides is 1. The van der Waals surface area contributed by atoms with Crippen LogP contribution in [0.4, 0.5) is 0 Å². The molecule has 0 aliphatic heterocycles. The van der Waals surface area contributed by atoms with Crippen LogP contribution in [0.5, 0.6) is 0 Å². The van der Waals surface area contributed by atoms with E-state index in [1.807, 2.05) is 0 Å². The topological polar surface area (TPSA) is 63.2 Å². The molecule has 5 nitrogen and oxygen atoms in total. The van der Waals surface area contributed by atoms with Gasteiger partial charge in [0.05, 0.1) is 4.47 Å². The minimum absolute atomic E-state index is 0.316. The monoisotopic (exact) mass is 327 g/mol. The largest absolute Gasteiger partial charge is 0.240 e. The molecule has 1 rings (SSSR count). The summed E-state index contributed by atoms with van der Waals surface area (Å²) in [6.45, 7) is 0.316. The van der Waals surface area contributed by atoms with Gasteiger partial charge in [-0.1, -0.05) is 0 Å². The van der Waals surface area contributed by atoms with Gasteiger partial charge in [0.1, 0.15) is 11.0 Å². The molecule has 0 aliphatic carbocycles. The van der Waals surface area contributed by atoms with Gasteiger partial charge >= 0.3 is 0 Å². The molecule has 90 valence electrons. The molecule has 0 aromatic carbocycles. The van der Waals surface area contributed by atoms with Crippen LogP contribution in [-0.4, -0.2) is 41.5 Å². The van der Waals surface area contributed by atoms with Crippen molar-refractivity contribution in [2.24, 2.45) is 0 Å². The van der Waals surface area contributed by atoms with Crippen molar-refractivity contribution in [2.75, 3.05) is 18.8 Å². The lowest BCUT2D eigenvalue weighted by molar-refractivity contribution is 0.473. The van der Waals surface area contributed by atoms with Crippen LogP contribution in [-0.2, 0) is 16.4 Å². The van der Waals surface area contributed by atoms with E-state index in [0.717, 1.165) is 4.47 Å². The van der Waals surface area contributed by atoms with Crippen LogP contribution in [0.15, 0.2) is 16.9 Å². The highest BCUT2D eigenvalue weighted by molar-refractivity contribution is 9.10. The number of likely N-dealkylation sites (N-methyl/N-ethyl adjacent to an activating group) is 1. The van der Waals surface area contributed by atoms with Crippen molar-refractivity contribution in [3.8, 4) is 0 Å². The van der Waals surface area contributed by atoms with Crippen molar-refractivity contribution in [3.05, 3.63) is 22.7 Å². The summed E-state index contributed by atoms with van der Waals surface area (Å²) >= 11 is 8.54. The van der Waals surface area contributed by atoms with E-state index in [-0.39, 0.29) is 0 Å². The zero-order valence-electron chi connectivity index (χ0n) is 8.60. The lowest BCUT2D eigenvalue weighted by Gasteiger charge is -2.14. The summed E-state index contributed by atoms with van der Waals surface area (Å²) in [5.74, 6) is 0.597. The zero-order chi connectivity index (χ0) is 12.2. The number of rotatable bonds is 5. The van der Waals surface area contributed by atoms with E-state index in [1.54, 1.807) is 12.4 Å². The number of sulfonamides is 1. The third-order valence-corrected chi connectivity index (χ3v) is 4.58. The fourth-order valence-electron chi connectivity index (χ4n) is 0.948. The van der Waals surface area contributed by atoms with E-state index >= 15 is 0 Å². The first kappa shape index (κ1) is 13.8. The molecule has 0 fully saturated rings. The van der Waals surface area contributed by atoms with Crippen molar-refractivity contribution in [1.29, 1.82) is 0 Å². The maximum absolute atomic E-state index is 11.3. The Bertz CT molecular complexity index is 437. The molecule has 0 unspecified atom stereocenters. The van der Waals surface area contributed by atoms with Gasteiger partial charge in [-0.15, -0.1) is 11.6 Å². The van der Waals surface area contributed by atoms with Crippen LogP contribution >= 0.6 is 27.5 Å². The van der Waals surface area contributed by atoms with E-state index in [2.05, 4.69) is 25.9 Å². The molecule has 1 heterocycles. The second kappa shape index (κ2) is 5.90. The second-order valence-corrected chi connectivity index (χ2v) is 6.69. The van der Waals surface area contributed by atoms with Gasteiger partial charge in [-0.3, -0.25) is 0 Å². The number of hydrogen-bond donors (Lipinski definition) is 0. The summed E-state index contributed by atoms with van der Waals surface area (Å²) in [6.07, 6.45) is 3.71. The third-order valence-electron chi connectivity index (χ3n) is 1.94. The molecule has 0 bridgehead atoms. The predicted molar refractivity (Wildman–Crippen MR) is 65.7 cm³/mol. The first-order chi connectivity index (χ1) is 7.45. The molecule has 0 N–H and O–H groups in total. The highest BCUT2D eigenvalue weighted by Gasteiger charge is 2.15. The van der Waals surface area contributed by atoms with Crippen molar-refractivity contribution >= 4 is 37.6 Å². The van der Waals surface area contributed by atoms with Gasteiger partial charge in [-0.2, -0.15) is 0 Å². The molecule has 8 heteroatoms. The Balaban J connectivity index is 2.55. The fourth-order valence-corrected chi connectivity index (χ4v) is 2.19. The average Bonchev–Trinajstić information content (AvgIpc) is 2.28. The Morgan fingerprint density at radius 2 is 2.00 bits per heavy atom. The van der Waals surface area contributed by atoms with E-state index in [1.165, 1.54) is 11.4 Å². The zero-order valence-corrected chi connectivity index (χ0v) is 11.8. The van der Waals surface area contributed by atoms with Crippen molar-refractivity contribution in [1.82, 2.24) is 14.3 Å². The van der Waals surface area contributed by atoms with Crippen LogP contribution in [0.1, 0.15) is 5.82 Å². The van der Waals surface area contributed by atoms with Crippen LogP contribution < -0.4 is 0 Å². The fraction of sp³-hybridized carbons (Fsp3) is 0.500. The first-order valence-electron chi connectivity index (χ1n) is 4.42. The van der Waals surface area contributed by atoms with Gasteiger partial charge in [-0.25, -0.2) is 22.7 Å². The lowest BCUT2D eigenvalue weighted by atomic mass is 10.4. The normalized spacial score (nSPS) is 12.0. The van der Waals surface area contributed by atoms with E-state index in [0.29, 0.717) is 18.8 Å². The lowest BCUT2D eigenvalue weighted by Crippen LogP contribution is -2.30. The Kier molecular flexibility index (Phi) is 5.10. The molecule has 0 spiro atoms. The first-order valence-corrected chi connectivity index (χ1v) is 7.36. The number of nitrogens with zero attached hydrogens (tertiary/aromatic N) is 3. The molecule has 0 radical (unpaired) electrons. The van der Waals surface area contributed by atoms with E-state index in [9.17, 15) is 8.42 Å². The molecule has 0 aliphatic rings. The molecule has 0 saturated heterocycles. The highest BCUT2D eigenvalue weighted by Crippen LogP contribution is 2.06. The van der Waals surface area contributed by atoms with Crippen LogP contribution in [0, 0.1) is 0 Å². The van der Waals surface area contributed by atoms with Crippen LogP contribution in [0.25, 0.3) is 0 Å². The minimum Gasteiger partial charge on any atom is -0.240 e. The van der Waals surface area contributed by atoms with Crippen LogP contribution in [0.3, 0.4) is 0 Å². The minimum atomic E-state index is -3.34. The van der Waals surface area contributed by atoms with E-state index < -0.39 is 15.2 Å². The number of halogens is 2. The predicted octanol–water partition coefficient (Wildman–Crippen LogP) is 1.24. The molecule has 1 aromatic heterocycles. The molecular formula is C8H11BrClN3O2S. The average molecular weight is 329 g/mol. The van der Waals surface area contributed by atoms with Gasteiger partial charge in [0.15, 0.2) is 0 Å². The van der Waals surface area contributed by atoms with Gasteiger partial charge < -0.3 is 0 Å². The van der Waals surface area contributed by atoms with Gasteiger partial charge in [-0.05, 0) is 15.9 Å². The van der Waals surface area contributed by atoms with Crippen molar-refractivity contribution in [2.45, 2.75) is 6.42 Å². The molecule has 16 heavy (non-hydrogen) atoms. The Hall–Kier alpha value is -0.240. The standard InChI is InChI=1S/C8H11BrClN3O2S/c1-13(16(14,15)6-10)3-2-8-11-4-7(9)5-12-8/h4-5H,2-3,6H2,1H3. The highest BCUT2D eigenvalue weighted by atomic mass is 79.9. The molecule has 0 amide bonds. The van der Waals surface area contributed by atoms with Crippen LogP contribution in [0.2, 0.25) is 0 Å². The summed E-state index contributed by atoms with van der Waals surface area (Å²) in [7, 11) is -1.86. The van der Waals surface area contributed by atoms with Crippen molar-refractivity contribution in [3.63, 3.8) is 0 Å². The molecule has 0 atom stereocenters.